The Balaban J connectivity index is 1.69. The largest absolute Gasteiger partial charge is 0.493 e. The molecule has 19 heavy (non-hydrogen) atoms. The van der Waals surface area contributed by atoms with E-state index >= 15 is 0 Å². The van der Waals surface area contributed by atoms with E-state index in [0.717, 1.165) is 46.7 Å². The summed E-state index contributed by atoms with van der Waals surface area (Å²) in [7, 11) is 0. The predicted molar refractivity (Wildman–Crippen MR) is 72.9 cm³/mol. The molecule has 0 unspecified atom stereocenters. The zero-order valence-electron chi connectivity index (χ0n) is 10.6. The summed E-state index contributed by atoms with van der Waals surface area (Å²) in [4.78, 5) is 0. The van der Waals surface area contributed by atoms with E-state index in [1.807, 2.05) is 6.92 Å². The molecule has 0 saturated carbocycles. The number of hydrogen-bond acceptors (Lipinski definition) is 5. The molecule has 1 aliphatic heterocycles. The van der Waals surface area contributed by atoms with Crippen LogP contribution in [0.25, 0.3) is 0 Å². The van der Waals surface area contributed by atoms with Crippen LogP contribution in [0.15, 0.2) is 21.2 Å². The number of fused-ring (bicyclic) bond motifs is 1. The van der Waals surface area contributed by atoms with Crippen LogP contribution in [0.2, 0.25) is 0 Å². The Labute approximate surface area is 119 Å². The third-order valence-corrected chi connectivity index (χ3v) is 3.64. The second-order valence-electron chi connectivity index (χ2n) is 4.55. The average Bonchev–Trinajstić information content (AvgIpc) is 2.98. The van der Waals surface area contributed by atoms with Crippen LogP contribution in [-0.2, 0) is 19.5 Å². The van der Waals surface area contributed by atoms with Gasteiger partial charge in [-0.3, -0.25) is 0 Å². The summed E-state index contributed by atoms with van der Waals surface area (Å²) in [5.74, 6) is 1.02. The van der Waals surface area contributed by atoms with E-state index in [9.17, 15) is 0 Å². The molecule has 0 bridgehead atoms. The maximum absolute atomic E-state index is 5.69. The van der Waals surface area contributed by atoms with Gasteiger partial charge >= 0.3 is 0 Å². The summed E-state index contributed by atoms with van der Waals surface area (Å²) >= 11 is 3.54. The number of halogens is 1. The topological polar surface area (TPSA) is 60.2 Å². The molecule has 3 rings (SSSR count). The highest BCUT2D eigenvalue weighted by atomic mass is 79.9. The molecule has 0 atom stereocenters. The molecule has 2 heterocycles. The first-order valence-corrected chi connectivity index (χ1v) is 6.96. The van der Waals surface area contributed by atoms with Crippen LogP contribution >= 0.6 is 15.9 Å². The predicted octanol–water partition coefficient (Wildman–Crippen LogP) is 2.37. The lowest BCUT2D eigenvalue weighted by molar-refractivity contribution is 0.300. The molecule has 1 aliphatic rings. The lowest BCUT2D eigenvalue weighted by Crippen LogP contribution is -2.14. The quantitative estimate of drug-likeness (QED) is 0.936. The van der Waals surface area contributed by atoms with Gasteiger partial charge in [-0.05, 0) is 24.6 Å². The normalized spacial score (nSPS) is 13.4. The number of nitrogens with one attached hydrogen (secondary N) is 1. The Morgan fingerprint density at radius 1 is 1.32 bits per heavy atom. The van der Waals surface area contributed by atoms with Gasteiger partial charge in [0.15, 0.2) is 0 Å². The summed E-state index contributed by atoms with van der Waals surface area (Å²) in [5, 5.41) is 10.9. The first-order valence-electron chi connectivity index (χ1n) is 6.17. The van der Waals surface area contributed by atoms with Crippen LogP contribution < -0.4 is 10.1 Å². The fourth-order valence-corrected chi connectivity index (χ4v) is 2.76. The SMILES string of the molecule is Cc1nonc1CNCc1cc(Br)cc2c1OCC2. The number of hydrogen-bond donors (Lipinski definition) is 1. The van der Waals surface area contributed by atoms with Crippen molar-refractivity contribution >= 4 is 15.9 Å². The molecule has 6 heteroatoms. The first kappa shape index (κ1) is 12.6. The molecule has 5 nitrogen and oxygen atoms in total. The molecule has 100 valence electrons. The van der Waals surface area contributed by atoms with Gasteiger partial charge in [-0.15, -0.1) is 0 Å². The van der Waals surface area contributed by atoms with Gasteiger partial charge in [-0.2, -0.15) is 0 Å². The summed E-state index contributed by atoms with van der Waals surface area (Å²) in [6.07, 6.45) is 0.980. The Bertz CT molecular complexity index is 598. The molecule has 0 spiro atoms. The summed E-state index contributed by atoms with van der Waals surface area (Å²) < 4.78 is 11.4. The zero-order valence-corrected chi connectivity index (χ0v) is 12.2. The Morgan fingerprint density at radius 3 is 3.00 bits per heavy atom. The minimum atomic E-state index is 0.636. The summed E-state index contributed by atoms with van der Waals surface area (Å²) in [6.45, 7) is 4.02. The fourth-order valence-electron chi connectivity index (χ4n) is 2.20. The number of nitrogens with zero attached hydrogens (tertiary/aromatic N) is 2. The lowest BCUT2D eigenvalue weighted by atomic mass is 10.1. The smallest absolute Gasteiger partial charge is 0.127 e. The fraction of sp³-hybridized carbons (Fsp3) is 0.385. The number of aryl methyl sites for hydroxylation is 1. The Kier molecular flexibility index (Phi) is 3.52. The molecule has 1 aromatic heterocycles. The van der Waals surface area contributed by atoms with E-state index in [4.69, 9.17) is 4.74 Å². The van der Waals surface area contributed by atoms with Gasteiger partial charge in [0.2, 0.25) is 0 Å². The zero-order chi connectivity index (χ0) is 13.2. The van der Waals surface area contributed by atoms with Crippen LogP contribution in [0.1, 0.15) is 22.5 Å². The lowest BCUT2D eigenvalue weighted by Gasteiger charge is -2.09. The van der Waals surface area contributed by atoms with Gasteiger partial charge in [0.25, 0.3) is 0 Å². The Hall–Kier alpha value is -1.40. The number of aromatic nitrogens is 2. The molecular formula is C13H14BrN3O2. The van der Waals surface area contributed by atoms with Crippen molar-refractivity contribution in [3.8, 4) is 5.75 Å². The van der Waals surface area contributed by atoms with E-state index in [0.29, 0.717) is 6.54 Å². The second kappa shape index (κ2) is 5.30. The van der Waals surface area contributed by atoms with E-state index in [1.165, 1.54) is 5.56 Å². The van der Waals surface area contributed by atoms with Gasteiger partial charge in [0, 0.05) is 29.5 Å². The molecule has 1 N–H and O–H groups in total. The maximum atomic E-state index is 5.69. The van der Waals surface area contributed by atoms with E-state index in [2.05, 4.69) is 48.3 Å². The summed E-state index contributed by atoms with van der Waals surface area (Å²) in [6, 6.07) is 4.21. The molecule has 1 aromatic carbocycles. The highest BCUT2D eigenvalue weighted by Gasteiger charge is 2.17. The molecule has 0 fully saturated rings. The minimum absolute atomic E-state index is 0.636. The minimum Gasteiger partial charge on any atom is -0.493 e. The van der Waals surface area contributed by atoms with Crippen molar-refractivity contribution in [2.45, 2.75) is 26.4 Å². The Morgan fingerprint density at radius 2 is 2.21 bits per heavy atom. The third kappa shape index (κ3) is 2.64. The third-order valence-electron chi connectivity index (χ3n) is 3.18. The highest BCUT2D eigenvalue weighted by molar-refractivity contribution is 9.10. The van der Waals surface area contributed by atoms with Gasteiger partial charge in [-0.25, -0.2) is 4.63 Å². The van der Waals surface area contributed by atoms with Crippen molar-refractivity contribution in [3.63, 3.8) is 0 Å². The summed E-state index contributed by atoms with van der Waals surface area (Å²) in [5.41, 5.74) is 4.09. The van der Waals surface area contributed by atoms with Gasteiger partial charge < -0.3 is 10.1 Å². The van der Waals surface area contributed by atoms with Crippen molar-refractivity contribution in [1.29, 1.82) is 0 Å². The van der Waals surface area contributed by atoms with Crippen molar-refractivity contribution < 1.29 is 9.37 Å². The molecule has 0 saturated heterocycles. The maximum Gasteiger partial charge on any atom is 0.127 e. The number of ether oxygens (including phenoxy) is 1. The van der Waals surface area contributed by atoms with Crippen LogP contribution in [0.3, 0.4) is 0 Å². The van der Waals surface area contributed by atoms with Gasteiger partial charge in [0.1, 0.15) is 17.1 Å². The number of rotatable bonds is 4. The molecule has 0 aliphatic carbocycles. The first-order chi connectivity index (χ1) is 9.24. The van der Waals surface area contributed by atoms with Crippen molar-refractivity contribution in [1.82, 2.24) is 15.6 Å². The van der Waals surface area contributed by atoms with Crippen LogP contribution in [0.5, 0.6) is 5.75 Å². The van der Waals surface area contributed by atoms with Crippen LogP contribution in [0, 0.1) is 6.92 Å². The number of benzene rings is 1. The standard InChI is InChI=1S/C13H14BrN3O2/c1-8-12(17-19-16-8)7-15-6-10-5-11(14)4-9-2-3-18-13(9)10/h4-5,15H,2-3,6-7H2,1H3. The van der Waals surface area contributed by atoms with E-state index in [-0.39, 0.29) is 0 Å². The molecule has 0 radical (unpaired) electrons. The van der Waals surface area contributed by atoms with Crippen LogP contribution in [-0.4, -0.2) is 16.9 Å². The monoisotopic (exact) mass is 323 g/mol. The van der Waals surface area contributed by atoms with Crippen molar-refractivity contribution in [2.75, 3.05) is 6.61 Å². The van der Waals surface area contributed by atoms with E-state index < -0.39 is 0 Å². The van der Waals surface area contributed by atoms with E-state index in [1.54, 1.807) is 0 Å². The molecule has 2 aromatic rings. The van der Waals surface area contributed by atoms with Crippen molar-refractivity contribution in [2.24, 2.45) is 0 Å². The molecule has 0 amide bonds. The van der Waals surface area contributed by atoms with Gasteiger partial charge in [0.05, 0.1) is 6.61 Å². The van der Waals surface area contributed by atoms with Gasteiger partial charge in [-0.1, -0.05) is 26.2 Å². The van der Waals surface area contributed by atoms with Crippen LogP contribution in [0.4, 0.5) is 0 Å². The highest BCUT2D eigenvalue weighted by Crippen LogP contribution is 2.32. The molecular weight excluding hydrogens is 310 g/mol. The van der Waals surface area contributed by atoms with Crippen molar-refractivity contribution in [3.05, 3.63) is 39.1 Å². The average molecular weight is 324 g/mol. The second-order valence-corrected chi connectivity index (χ2v) is 5.47.